The maximum atomic E-state index is 12.3. The molecule has 5 nitrogen and oxygen atoms in total. The van der Waals surface area contributed by atoms with Gasteiger partial charge in [-0.25, -0.2) is 0 Å². The van der Waals surface area contributed by atoms with Crippen molar-refractivity contribution in [3.05, 3.63) is 48.6 Å². The predicted molar refractivity (Wildman–Crippen MR) is 297 cm³/mol. The number of aliphatic hydroxyl groups is 1. The second-order valence-corrected chi connectivity index (χ2v) is 20.4. The first-order valence-corrected chi connectivity index (χ1v) is 30.2. The van der Waals surface area contributed by atoms with Crippen LogP contribution in [0.5, 0.6) is 0 Å². The van der Waals surface area contributed by atoms with Crippen molar-refractivity contribution in [3.63, 3.8) is 0 Å². The van der Waals surface area contributed by atoms with Crippen LogP contribution >= 0.6 is 0 Å². The number of allylic oxidation sites excluding steroid dienone is 8. The molecule has 0 saturated heterocycles. The van der Waals surface area contributed by atoms with Crippen LogP contribution in [0, 0.1) is 0 Å². The lowest BCUT2D eigenvalue weighted by atomic mass is 10.0. The van der Waals surface area contributed by atoms with Gasteiger partial charge in [0.25, 0.3) is 0 Å². The van der Waals surface area contributed by atoms with E-state index in [1.54, 1.807) is 0 Å². The fourth-order valence-corrected chi connectivity index (χ4v) is 9.04. The third-order valence-electron chi connectivity index (χ3n) is 13.6. The highest BCUT2D eigenvalue weighted by molar-refractivity contribution is 5.70. The van der Waals surface area contributed by atoms with Crippen LogP contribution in [0.3, 0.4) is 0 Å². The number of carbonyl (C=O) groups excluding carboxylic acids is 2. The van der Waals surface area contributed by atoms with Crippen molar-refractivity contribution < 1.29 is 24.2 Å². The summed E-state index contributed by atoms with van der Waals surface area (Å²) in [7, 11) is 0. The van der Waals surface area contributed by atoms with Gasteiger partial charge in [-0.2, -0.15) is 0 Å². The molecule has 1 unspecified atom stereocenters. The molecule has 0 fully saturated rings. The third-order valence-corrected chi connectivity index (χ3v) is 13.6. The Labute approximate surface area is 424 Å². The molecule has 0 aliphatic carbocycles. The molecule has 0 amide bonds. The minimum atomic E-state index is -0.775. The van der Waals surface area contributed by atoms with E-state index in [0.717, 1.165) is 64.2 Å². The summed E-state index contributed by atoms with van der Waals surface area (Å²) in [5, 5.41) is 9.62. The van der Waals surface area contributed by atoms with Crippen LogP contribution in [0.25, 0.3) is 0 Å². The van der Waals surface area contributed by atoms with Crippen molar-refractivity contribution in [2.45, 2.75) is 328 Å². The number of hydrogen-bond acceptors (Lipinski definition) is 5. The molecule has 5 heteroatoms. The molecule has 0 aromatic heterocycles. The number of esters is 2. The van der Waals surface area contributed by atoms with Crippen LogP contribution in [-0.2, 0) is 19.1 Å². The van der Waals surface area contributed by atoms with Crippen molar-refractivity contribution in [2.24, 2.45) is 0 Å². The fourth-order valence-electron chi connectivity index (χ4n) is 9.04. The summed E-state index contributed by atoms with van der Waals surface area (Å²) < 4.78 is 10.7. The Bertz CT molecular complexity index is 1120. The quantitative estimate of drug-likeness (QED) is 0.0374. The molecular formula is C63H116O5. The van der Waals surface area contributed by atoms with Crippen LogP contribution < -0.4 is 0 Å². The van der Waals surface area contributed by atoms with E-state index in [1.807, 2.05) is 0 Å². The van der Waals surface area contributed by atoms with Crippen molar-refractivity contribution >= 4 is 11.9 Å². The summed E-state index contributed by atoms with van der Waals surface area (Å²) >= 11 is 0. The number of carbonyl (C=O) groups is 2. The minimum Gasteiger partial charge on any atom is -0.462 e. The molecule has 0 aromatic rings. The molecule has 0 heterocycles. The van der Waals surface area contributed by atoms with Gasteiger partial charge in [0.1, 0.15) is 6.61 Å². The van der Waals surface area contributed by atoms with Crippen LogP contribution in [0.15, 0.2) is 48.6 Å². The van der Waals surface area contributed by atoms with Gasteiger partial charge in [-0.15, -0.1) is 0 Å². The number of rotatable bonds is 56. The summed E-state index contributed by atoms with van der Waals surface area (Å²) in [6, 6.07) is 0. The summed E-state index contributed by atoms with van der Waals surface area (Å²) in [6.07, 6.45) is 78.5. The van der Waals surface area contributed by atoms with Crippen LogP contribution in [0.4, 0.5) is 0 Å². The summed E-state index contributed by atoms with van der Waals surface area (Å²) in [5.41, 5.74) is 0. The molecule has 0 saturated carbocycles. The van der Waals surface area contributed by atoms with Crippen molar-refractivity contribution in [3.8, 4) is 0 Å². The van der Waals surface area contributed by atoms with E-state index in [1.165, 1.54) is 231 Å². The van der Waals surface area contributed by atoms with E-state index >= 15 is 0 Å². The molecule has 0 aromatic carbocycles. The van der Waals surface area contributed by atoms with Crippen molar-refractivity contribution in [1.82, 2.24) is 0 Å². The number of ether oxygens (including phenoxy) is 2. The zero-order valence-corrected chi connectivity index (χ0v) is 45.6. The second-order valence-electron chi connectivity index (χ2n) is 20.4. The maximum absolute atomic E-state index is 12.3. The van der Waals surface area contributed by atoms with Crippen LogP contribution in [0.2, 0.25) is 0 Å². The Morgan fingerprint density at radius 3 is 0.926 bits per heavy atom. The first-order valence-electron chi connectivity index (χ1n) is 30.2. The lowest BCUT2D eigenvalue weighted by Gasteiger charge is -2.15. The maximum Gasteiger partial charge on any atom is 0.306 e. The van der Waals surface area contributed by atoms with Gasteiger partial charge in [0.2, 0.25) is 0 Å². The molecule has 0 aliphatic rings. The number of unbranched alkanes of at least 4 members (excludes halogenated alkanes) is 40. The van der Waals surface area contributed by atoms with E-state index < -0.39 is 6.10 Å². The van der Waals surface area contributed by atoms with E-state index in [9.17, 15) is 14.7 Å². The molecule has 0 bridgehead atoms. The predicted octanol–water partition coefficient (Wildman–Crippen LogP) is 20.4. The highest BCUT2D eigenvalue weighted by atomic mass is 16.6. The second kappa shape index (κ2) is 59.2. The summed E-state index contributed by atoms with van der Waals surface area (Å²) in [4.78, 5) is 24.4. The SMILES string of the molecule is CCC/C=C\C/C=C\CCCCCCCC(=O)OCC(CO)OC(=O)CCCCCCCCCCCCCCCCCCCCCCCCCCCCCCC/C=C\C/C=C\CCCCCCC. The number of hydrogen-bond donors (Lipinski definition) is 1. The van der Waals surface area contributed by atoms with Gasteiger partial charge in [0.15, 0.2) is 6.10 Å². The first-order chi connectivity index (χ1) is 33.6. The molecule has 0 spiro atoms. The van der Waals surface area contributed by atoms with Gasteiger partial charge in [-0.05, 0) is 70.6 Å². The van der Waals surface area contributed by atoms with E-state index in [0.29, 0.717) is 12.8 Å². The Kier molecular flexibility index (Phi) is 57.3. The average molecular weight is 954 g/mol. The highest BCUT2D eigenvalue weighted by Crippen LogP contribution is 2.18. The standard InChI is InChI=1S/C63H116O5/c1-3-5-7-9-11-13-15-17-18-19-20-21-22-23-24-25-26-27-28-29-30-31-32-33-34-35-36-37-38-39-40-41-42-43-44-46-48-50-52-54-56-58-63(66)68-61(59-64)60-67-62(65)57-55-53-51-49-47-45-16-14-12-10-8-6-4-2/h8,10,14-17,19-20,61,64H,3-7,9,11-13,18,21-60H2,1-2H3/b10-8-,16-14-,17-15-,20-19-. The molecular weight excluding hydrogens is 837 g/mol. The molecule has 1 N–H and O–H groups in total. The van der Waals surface area contributed by atoms with Crippen molar-refractivity contribution in [1.29, 1.82) is 0 Å². The van der Waals surface area contributed by atoms with E-state index in [2.05, 4.69) is 62.5 Å². The summed E-state index contributed by atoms with van der Waals surface area (Å²) in [5.74, 6) is -0.595. The van der Waals surface area contributed by atoms with Gasteiger partial charge in [-0.3, -0.25) is 9.59 Å². The molecule has 0 aliphatic heterocycles. The zero-order chi connectivity index (χ0) is 49.2. The highest BCUT2D eigenvalue weighted by Gasteiger charge is 2.16. The Morgan fingerprint density at radius 2 is 0.618 bits per heavy atom. The van der Waals surface area contributed by atoms with Crippen LogP contribution in [0.1, 0.15) is 322 Å². The smallest absolute Gasteiger partial charge is 0.306 e. The van der Waals surface area contributed by atoms with Gasteiger partial charge >= 0.3 is 11.9 Å². The normalized spacial score (nSPS) is 12.5. The van der Waals surface area contributed by atoms with Gasteiger partial charge < -0.3 is 14.6 Å². The van der Waals surface area contributed by atoms with Gasteiger partial charge in [0, 0.05) is 12.8 Å². The average Bonchev–Trinajstić information content (AvgIpc) is 3.34. The lowest BCUT2D eigenvalue weighted by molar-refractivity contribution is -0.161. The first kappa shape index (κ1) is 65.9. The van der Waals surface area contributed by atoms with Crippen LogP contribution in [-0.4, -0.2) is 36.4 Å². The Hall–Kier alpha value is -2.14. The molecule has 68 heavy (non-hydrogen) atoms. The third kappa shape index (κ3) is 56.4. The Balaban J connectivity index is 3.35. The topological polar surface area (TPSA) is 72.8 Å². The van der Waals surface area contributed by atoms with E-state index in [-0.39, 0.29) is 25.2 Å². The molecule has 0 radical (unpaired) electrons. The van der Waals surface area contributed by atoms with Crippen molar-refractivity contribution in [2.75, 3.05) is 13.2 Å². The zero-order valence-electron chi connectivity index (χ0n) is 45.6. The number of aliphatic hydroxyl groups excluding tert-OH is 1. The molecule has 1 atom stereocenters. The monoisotopic (exact) mass is 953 g/mol. The minimum absolute atomic E-state index is 0.0700. The lowest BCUT2D eigenvalue weighted by Crippen LogP contribution is -2.28. The fraction of sp³-hybridized carbons (Fsp3) is 0.841. The van der Waals surface area contributed by atoms with E-state index in [4.69, 9.17) is 9.47 Å². The molecule has 0 rings (SSSR count). The summed E-state index contributed by atoms with van der Waals surface area (Å²) in [6.45, 7) is 4.08. The Morgan fingerprint density at radius 1 is 0.338 bits per heavy atom. The van der Waals surface area contributed by atoms with Gasteiger partial charge in [-0.1, -0.05) is 287 Å². The van der Waals surface area contributed by atoms with Gasteiger partial charge in [0.05, 0.1) is 6.61 Å². The largest absolute Gasteiger partial charge is 0.462 e. The molecule has 398 valence electrons.